The molecule has 1 fully saturated rings. The number of carbonyl (C=O) groups is 2. The summed E-state index contributed by atoms with van der Waals surface area (Å²) < 4.78 is 0. The van der Waals surface area contributed by atoms with Gasteiger partial charge < -0.3 is 10.2 Å². The lowest BCUT2D eigenvalue weighted by Gasteiger charge is -2.20. The second-order valence-corrected chi connectivity index (χ2v) is 6.09. The fraction of sp³-hybridized carbons (Fsp3) is 0.444. The maximum atomic E-state index is 12.4. The van der Waals surface area contributed by atoms with E-state index in [1.54, 1.807) is 23.1 Å². The van der Waals surface area contributed by atoms with Crippen LogP contribution in [-0.4, -0.2) is 65.8 Å². The Morgan fingerprint density at radius 3 is 2.81 bits per heavy atom. The number of nitro groups is 1. The van der Waals surface area contributed by atoms with Gasteiger partial charge in [-0.3, -0.25) is 24.6 Å². The number of nitro benzene ring substituents is 1. The summed E-state index contributed by atoms with van der Waals surface area (Å²) in [5.74, 6) is -0.130. The molecule has 8 heteroatoms. The lowest BCUT2D eigenvalue weighted by Crippen LogP contribution is -2.39. The highest BCUT2D eigenvalue weighted by atomic mass is 16.6. The predicted octanol–water partition coefficient (Wildman–Crippen LogP) is 1.28. The minimum Gasteiger partial charge on any atom is -0.355 e. The molecule has 0 aromatic heterocycles. The quantitative estimate of drug-likeness (QED) is 0.468. The van der Waals surface area contributed by atoms with E-state index in [1.807, 2.05) is 11.8 Å². The number of non-ortho nitro benzene ring substituents is 1. The van der Waals surface area contributed by atoms with E-state index in [-0.39, 0.29) is 17.5 Å². The molecule has 1 aliphatic heterocycles. The van der Waals surface area contributed by atoms with E-state index in [0.717, 1.165) is 13.0 Å². The molecule has 140 valence electrons. The zero-order chi connectivity index (χ0) is 18.9. The molecule has 0 bridgehead atoms. The van der Waals surface area contributed by atoms with E-state index >= 15 is 0 Å². The molecule has 0 aliphatic carbocycles. The van der Waals surface area contributed by atoms with Crippen molar-refractivity contribution in [1.82, 2.24) is 15.1 Å². The normalized spacial score (nSPS) is 15.7. The lowest BCUT2D eigenvalue weighted by molar-refractivity contribution is -0.384. The molecule has 0 atom stereocenters. The molecule has 2 amide bonds. The van der Waals surface area contributed by atoms with Crippen LogP contribution >= 0.6 is 0 Å². The van der Waals surface area contributed by atoms with Crippen molar-refractivity contribution in [3.8, 4) is 0 Å². The van der Waals surface area contributed by atoms with Crippen LogP contribution < -0.4 is 5.32 Å². The van der Waals surface area contributed by atoms with Crippen LogP contribution in [0.3, 0.4) is 0 Å². The van der Waals surface area contributed by atoms with Gasteiger partial charge in [0.25, 0.3) is 5.69 Å². The number of hydrogen-bond donors (Lipinski definition) is 1. The van der Waals surface area contributed by atoms with Crippen molar-refractivity contribution < 1.29 is 14.5 Å². The highest BCUT2D eigenvalue weighted by Gasteiger charge is 2.19. The molecule has 0 saturated carbocycles. The Morgan fingerprint density at radius 1 is 1.27 bits per heavy atom. The van der Waals surface area contributed by atoms with Gasteiger partial charge in [-0.2, -0.15) is 0 Å². The van der Waals surface area contributed by atoms with E-state index in [9.17, 15) is 19.7 Å². The van der Waals surface area contributed by atoms with Crippen LogP contribution in [0.2, 0.25) is 0 Å². The minimum atomic E-state index is -0.461. The first kappa shape index (κ1) is 19.6. The summed E-state index contributed by atoms with van der Waals surface area (Å²) in [5, 5.41) is 13.6. The summed E-state index contributed by atoms with van der Waals surface area (Å²) in [7, 11) is 0. The monoisotopic (exact) mass is 360 g/mol. The number of carbonyl (C=O) groups excluding carboxylic acids is 2. The smallest absolute Gasteiger partial charge is 0.270 e. The van der Waals surface area contributed by atoms with Crippen molar-refractivity contribution in [2.24, 2.45) is 0 Å². The summed E-state index contributed by atoms with van der Waals surface area (Å²) in [6, 6.07) is 6.15. The summed E-state index contributed by atoms with van der Waals surface area (Å²) in [6.07, 6.45) is 3.83. The molecule has 1 aliphatic rings. The first-order valence-corrected chi connectivity index (χ1v) is 8.70. The van der Waals surface area contributed by atoms with Gasteiger partial charge in [0, 0.05) is 50.9 Å². The zero-order valence-electron chi connectivity index (χ0n) is 14.9. The predicted molar refractivity (Wildman–Crippen MR) is 98.5 cm³/mol. The van der Waals surface area contributed by atoms with E-state index < -0.39 is 4.92 Å². The van der Waals surface area contributed by atoms with Crippen molar-refractivity contribution in [2.75, 3.05) is 39.3 Å². The van der Waals surface area contributed by atoms with Crippen LogP contribution in [0.15, 0.2) is 30.3 Å². The van der Waals surface area contributed by atoms with Crippen molar-refractivity contribution in [1.29, 1.82) is 0 Å². The topological polar surface area (TPSA) is 95.8 Å². The van der Waals surface area contributed by atoms with Gasteiger partial charge in [-0.1, -0.05) is 12.1 Å². The number of benzene rings is 1. The molecule has 1 saturated heterocycles. The van der Waals surface area contributed by atoms with Gasteiger partial charge in [0.05, 0.1) is 11.5 Å². The number of likely N-dealkylation sites (N-methyl/N-ethyl adjacent to an activating group) is 1. The lowest BCUT2D eigenvalue weighted by atomic mass is 10.2. The average molecular weight is 360 g/mol. The van der Waals surface area contributed by atoms with Crippen molar-refractivity contribution in [3.63, 3.8) is 0 Å². The number of nitrogens with one attached hydrogen (secondary N) is 1. The van der Waals surface area contributed by atoms with E-state index in [1.165, 1.54) is 18.2 Å². The molecule has 1 aromatic rings. The molecule has 2 rings (SSSR count). The fourth-order valence-electron chi connectivity index (χ4n) is 2.82. The van der Waals surface area contributed by atoms with Gasteiger partial charge in [-0.15, -0.1) is 0 Å². The Morgan fingerprint density at radius 2 is 2.08 bits per heavy atom. The standard InChI is InChI=1S/C18H24N4O4/c1-2-19-17(23)14-20-9-4-10-21(12-11-20)18(24)8-7-15-5-3-6-16(13-15)22(25)26/h3,5-8,13H,2,4,9-12,14H2,1H3,(H,19,23). The van der Waals surface area contributed by atoms with Gasteiger partial charge in [0.15, 0.2) is 0 Å². The molecule has 0 unspecified atom stereocenters. The average Bonchev–Trinajstić information content (AvgIpc) is 2.85. The SMILES string of the molecule is CCNC(=O)CN1CCCN(C(=O)C=Cc2cccc([N+](=O)[O-])c2)CC1. The van der Waals surface area contributed by atoms with Crippen LogP contribution in [0.4, 0.5) is 5.69 Å². The molecular formula is C18H24N4O4. The van der Waals surface area contributed by atoms with Gasteiger partial charge in [0.2, 0.25) is 11.8 Å². The second-order valence-electron chi connectivity index (χ2n) is 6.09. The maximum Gasteiger partial charge on any atom is 0.270 e. The van der Waals surface area contributed by atoms with Crippen molar-refractivity contribution in [3.05, 3.63) is 46.0 Å². The first-order valence-electron chi connectivity index (χ1n) is 8.70. The number of amides is 2. The Hall–Kier alpha value is -2.74. The van der Waals surface area contributed by atoms with Crippen LogP contribution in [0.1, 0.15) is 18.9 Å². The maximum absolute atomic E-state index is 12.4. The van der Waals surface area contributed by atoms with Crippen LogP contribution in [0.25, 0.3) is 6.08 Å². The zero-order valence-corrected chi connectivity index (χ0v) is 14.9. The largest absolute Gasteiger partial charge is 0.355 e. The Kier molecular flexibility index (Phi) is 7.28. The summed E-state index contributed by atoms with van der Waals surface area (Å²) in [4.78, 5) is 38.2. The molecule has 1 aromatic carbocycles. The molecule has 26 heavy (non-hydrogen) atoms. The number of rotatable bonds is 6. The third kappa shape index (κ3) is 5.96. The highest BCUT2D eigenvalue weighted by Crippen LogP contribution is 2.14. The highest BCUT2D eigenvalue weighted by molar-refractivity contribution is 5.91. The molecule has 1 heterocycles. The second kappa shape index (κ2) is 9.67. The number of nitrogens with zero attached hydrogens (tertiary/aromatic N) is 3. The molecule has 1 N–H and O–H groups in total. The van der Waals surface area contributed by atoms with Crippen LogP contribution in [0.5, 0.6) is 0 Å². The van der Waals surface area contributed by atoms with Crippen LogP contribution in [0, 0.1) is 10.1 Å². The molecular weight excluding hydrogens is 336 g/mol. The van der Waals surface area contributed by atoms with E-state index in [4.69, 9.17) is 0 Å². The molecule has 8 nitrogen and oxygen atoms in total. The third-order valence-corrected chi connectivity index (χ3v) is 4.14. The number of hydrogen-bond acceptors (Lipinski definition) is 5. The summed E-state index contributed by atoms with van der Waals surface area (Å²) >= 11 is 0. The van der Waals surface area contributed by atoms with Crippen molar-refractivity contribution in [2.45, 2.75) is 13.3 Å². The van der Waals surface area contributed by atoms with E-state index in [0.29, 0.717) is 38.3 Å². The Bertz CT molecular complexity index is 690. The molecule has 0 radical (unpaired) electrons. The first-order chi connectivity index (χ1) is 12.5. The van der Waals surface area contributed by atoms with E-state index in [2.05, 4.69) is 5.32 Å². The van der Waals surface area contributed by atoms with Crippen molar-refractivity contribution >= 4 is 23.6 Å². The Balaban J connectivity index is 1.90. The van der Waals surface area contributed by atoms with Gasteiger partial charge >= 0.3 is 0 Å². The van der Waals surface area contributed by atoms with Gasteiger partial charge in [-0.25, -0.2) is 0 Å². The fourth-order valence-corrected chi connectivity index (χ4v) is 2.82. The van der Waals surface area contributed by atoms with Gasteiger partial charge in [0.1, 0.15) is 0 Å². The van der Waals surface area contributed by atoms with Crippen LogP contribution in [-0.2, 0) is 9.59 Å². The summed E-state index contributed by atoms with van der Waals surface area (Å²) in [5.41, 5.74) is 0.607. The minimum absolute atomic E-state index is 0.00200. The summed E-state index contributed by atoms with van der Waals surface area (Å²) in [6.45, 7) is 5.44. The Labute approximate surface area is 152 Å². The molecule has 0 spiro atoms. The third-order valence-electron chi connectivity index (χ3n) is 4.14. The van der Waals surface area contributed by atoms with Gasteiger partial charge in [-0.05, 0) is 25.0 Å².